The number of aromatic nitrogens is 2. The van der Waals surface area contributed by atoms with Crippen LogP contribution in [0.3, 0.4) is 0 Å². The van der Waals surface area contributed by atoms with Gasteiger partial charge in [-0.2, -0.15) is 10.2 Å². The summed E-state index contributed by atoms with van der Waals surface area (Å²) < 4.78 is 24.2. The number of hydrogen-bond donors (Lipinski definition) is 2. The van der Waals surface area contributed by atoms with Gasteiger partial charge in [-0.25, -0.2) is 13.1 Å². The summed E-state index contributed by atoms with van der Waals surface area (Å²) in [6.45, 7) is 2.21. The van der Waals surface area contributed by atoms with Crippen molar-refractivity contribution in [1.82, 2.24) is 20.2 Å². The van der Waals surface area contributed by atoms with E-state index in [4.69, 9.17) is 0 Å². The first kappa shape index (κ1) is 17.0. The quantitative estimate of drug-likeness (QED) is 0.759. The Morgan fingerprint density at radius 2 is 1.91 bits per heavy atom. The first-order valence-electron chi connectivity index (χ1n) is 6.99. The molecule has 0 aliphatic rings. The number of benzene rings is 1. The molecule has 23 heavy (non-hydrogen) atoms. The Morgan fingerprint density at radius 1 is 1.13 bits per heavy atom. The van der Waals surface area contributed by atoms with E-state index < -0.39 is 10.0 Å². The van der Waals surface area contributed by atoms with Gasteiger partial charge in [-0.15, -0.1) is 0 Å². The number of aryl methyl sites for hydroxylation is 1. The van der Waals surface area contributed by atoms with E-state index in [1.54, 1.807) is 18.2 Å². The minimum atomic E-state index is -3.25. The van der Waals surface area contributed by atoms with Gasteiger partial charge in [-0.3, -0.25) is 4.79 Å². The summed E-state index contributed by atoms with van der Waals surface area (Å²) in [5, 5.41) is 10.7. The zero-order valence-corrected chi connectivity index (χ0v) is 13.7. The van der Waals surface area contributed by atoms with Gasteiger partial charge in [0.15, 0.2) is 0 Å². The van der Waals surface area contributed by atoms with Crippen molar-refractivity contribution >= 4 is 15.9 Å². The van der Waals surface area contributed by atoms with Crippen LogP contribution in [0.5, 0.6) is 0 Å². The summed E-state index contributed by atoms with van der Waals surface area (Å²) >= 11 is 0. The van der Waals surface area contributed by atoms with Crippen molar-refractivity contribution in [3.05, 3.63) is 47.7 Å². The molecule has 0 saturated carbocycles. The molecular formula is C15H18N4O3S. The van der Waals surface area contributed by atoms with Gasteiger partial charge in [0.25, 0.3) is 5.91 Å². The van der Waals surface area contributed by atoms with Gasteiger partial charge >= 0.3 is 0 Å². The first-order valence-corrected chi connectivity index (χ1v) is 8.88. The van der Waals surface area contributed by atoms with Gasteiger partial charge in [0.1, 0.15) is 0 Å². The SMILES string of the molecule is Cc1ccc(-c2cccc(C(=O)NCCNS(C)(=O)=O)c2)nn1. The summed E-state index contributed by atoms with van der Waals surface area (Å²) in [6.07, 6.45) is 1.07. The third kappa shape index (κ3) is 5.42. The second kappa shape index (κ2) is 7.30. The molecule has 0 atom stereocenters. The fraction of sp³-hybridized carbons (Fsp3) is 0.267. The van der Waals surface area contributed by atoms with Gasteiger partial charge in [0, 0.05) is 24.2 Å². The van der Waals surface area contributed by atoms with E-state index in [2.05, 4.69) is 20.2 Å². The lowest BCUT2D eigenvalue weighted by atomic mass is 10.1. The van der Waals surface area contributed by atoms with Crippen LogP contribution in [0.2, 0.25) is 0 Å². The lowest BCUT2D eigenvalue weighted by Crippen LogP contribution is -2.34. The van der Waals surface area contributed by atoms with E-state index in [9.17, 15) is 13.2 Å². The van der Waals surface area contributed by atoms with E-state index in [-0.39, 0.29) is 19.0 Å². The molecule has 1 heterocycles. The molecule has 7 nitrogen and oxygen atoms in total. The van der Waals surface area contributed by atoms with Gasteiger partial charge in [-0.1, -0.05) is 12.1 Å². The largest absolute Gasteiger partial charge is 0.351 e. The van der Waals surface area contributed by atoms with E-state index in [1.807, 2.05) is 25.1 Å². The molecular weight excluding hydrogens is 316 g/mol. The van der Waals surface area contributed by atoms with Crippen molar-refractivity contribution in [2.75, 3.05) is 19.3 Å². The first-order chi connectivity index (χ1) is 10.8. The molecule has 0 bridgehead atoms. The maximum atomic E-state index is 12.1. The molecule has 122 valence electrons. The van der Waals surface area contributed by atoms with Crippen molar-refractivity contribution in [1.29, 1.82) is 0 Å². The third-order valence-electron chi connectivity index (χ3n) is 2.99. The predicted octanol–water partition coefficient (Wildman–Crippen LogP) is 0.731. The van der Waals surface area contributed by atoms with Crippen LogP contribution in [0.25, 0.3) is 11.3 Å². The number of amides is 1. The van der Waals surface area contributed by atoms with Crippen molar-refractivity contribution in [2.45, 2.75) is 6.92 Å². The molecule has 1 aromatic heterocycles. The smallest absolute Gasteiger partial charge is 0.251 e. The maximum Gasteiger partial charge on any atom is 0.251 e. The molecule has 0 unspecified atom stereocenters. The molecule has 2 aromatic rings. The zero-order chi connectivity index (χ0) is 16.9. The standard InChI is InChI=1S/C15H18N4O3S/c1-11-6-7-14(19-18-11)12-4-3-5-13(10-12)15(20)16-8-9-17-23(2,21)22/h3-7,10,17H,8-9H2,1-2H3,(H,16,20). The lowest BCUT2D eigenvalue weighted by molar-refractivity contribution is 0.0954. The molecule has 8 heteroatoms. The monoisotopic (exact) mass is 334 g/mol. The van der Waals surface area contributed by atoms with Crippen LogP contribution in [0.1, 0.15) is 16.1 Å². The summed E-state index contributed by atoms with van der Waals surface area (Å²) in [5.41, 5.74) is 2.77. The highest BCUT2D eigenvalue weighted by Crippen LogP contribution is 2.17. The van der Waals surface area contributed by atoms with Crippen LogP contribution in [0.15, 0.2) is 36.4 Å². The lowest BCUT2D eigenvalue weighted by Gasteiger charge is -2.07. The molecule has 0 aliphatic carbocycles. The highest BCUT2D eigenvalue weighted by molar-refractivity contribution is 7.88. The minimum absolute atomic E-state index is 0.147. The van der Waals surface area contributed by atoms with Crippen molar-refractivity contribution < 1.29 is 13.2 Å². The topological polar surface area (TPSA) is 101 Å². The Bertz CT molecular complexity index is 789. The fourth-order valence-corrected chi connectivity index (χ4v) is 2.36. The van der Waals surface area contributed by atoms with Gasteiger partial charge in [0.05, 0.1) is 17.6 Å². The van der Waals surface area contributed by atoms with Crippen LogP contribution in [-0.2, 0) is 10.0 Å². The number of rotatable bonds is 6. The van der Waals surface area contributed by atoms with Crippen molar-refractivity contribution in [2.24, 2.45) is 0 Å². The predicted molar refractivity (Wildman–Crippen MR) is 87.4 cm³/mol. The van der Waals surface area contributed by atoms with Crippen molar-refractivity contribution in [3.63, 3.8) is 0 Å². The van der Waals surface area contributed by atoms with Crippen LogP contribution < -0.4 is 10.0 Å². The molecule has 2 N–H and O–H groups in total. The van der Waals surface area contributed by atoms with Crippen molar-refractivity contribution in [3.8, 4) is 11.3 Å². The van der Waals surface area contributed by atoms with Gasteiger partial charge in [-0.05, 0) is 31.2 Å². The second-order valence-corrected chi connectivity index (χ2v) is 6.90. The minimum Gasteiger partial charge on any atom is -0.351 e. The molecule has 2 rings (SSSR count). The molecule has 1 amide bonds. The number of sulfonamides is 1. The summed E-state index contributed by atoms with van der Waals surface area (Å²) in [5.74, 6) is -0.276. The molecule has 0 aliphatic heterocycles. The number of nitrogens with zero attached hydrogens (tertiary/aromatic N) is 2. The van der Waals surface area contributed by atoms with Crippen LogP contribution in [0.4, 0.5) is 0 Å². The fourth-order valence-electron chi connectivity index (χ4n) is 1.89. The van der Waals surface area contributed by atoms with E-state index in [0.717, 1.165) is 17.5 Å². The summed E-state index contributed by atoms with van der Waals surface area (Å²) in [6, 6.07) is 10.7. The number of carbonyl (C=O) groups is 1. The van der Waals surface area contributed by atoms with E-state index >= 15 is 0 Å². The second-order valence-electron chi connectivity index (χ2n) is 5.06. The average Bonchev–Trinajstić information content (AvgIpc) is 2.51. The highest BCUT2D eigenvalue weighted by atomic mass is 32.2. The van der Waals surface area contributed by atoms with Gasteiger partial charge < -0.3 is 5.32 Å². The number of nitrogens with one attached hydrogen (secondary N) is 2. The molecule has 0 fully saturated rings. The van der Waals surface area contributed by atoms with E-state index in [1.165, 1.54) is 0 Å². The summed E-state index contributed by atoms with van der Waals surface area (Å²) in [7, 11) is -3.25. The average molecular weight is 334 g/mol. The van der Waals surface area contributed by atoms with Crippen LogP contribution in [0, 0.1) is 6.92 Å². The van der Waals surface area contributed by atoms with Crippen LogP contribution in [-0.4, -0.2) is 43.9 Å². The Kier molecular flexibility index (Phi) is 5.41. The van der Waals surface area contributed by atoms with E-state index in [0.29, 0.717) is 11.3 Å². The summed E-state index contributed by atoms with van der Waals surface area (Å²) in [4.78, 5) is 12.1. The number of carbonyl (C=O) groups excluding carboxylic acids is 1. The Hall–Kier alpha value is -2.32. The van der Waals surface area contributed by atoms with Gasteiger partial charge in [0.2, 0.25) is 10.0 Å². The number of hydrogen-bond acceptors (Lipinski definition) is 5. The maximum absolute atomic E-state index is 12.1. The van der Waals surface area contributed by atoms with Crippen LogP contribution >= 0.6 is 0 Å². The molecule has 0 radical (unpaired) electrons. The highest BCUT2D eigenvalue weighted by Gasteiger charge is 2.08. The molecule has 0 saturated heterocycles. The Balaban J connectivity index is 2.01. The third-order valence-corrected chi connectivity index (χ3v) is 3.72. The Labute approximate surface area is 135 Å². The molecule has 0 spiro atoms. The normalized spacial score (nSPS) is 11.2. The molecule has 1 aromatic carbocycles. The Morgan fingerprint density at radius 3 is 2.57 bits per heavy atom. The zero-order valence-electron chi connectivity index (χ0n) is 12.9.